The van der Waals surface area contributed by atoms with Gasteiger partial charge in [0.25, 0.3) is 0 Å². The maximum Gasteiger partial charge on any atom is 0.184 e. The van der Waals surface area contributed by atoms with Crippen LogP contribution in [0.1, 0.15) is 5.56 Å². The van der Waals surface area contributed by atoms with Crippen molar-refractivity contribution in [3.8, 4) is 5.75 Å². The van der Waals surface area contributed by atoms with E-state index in [1.165, 1.54) is 30.7 Å². The molecule has 0 saturated heterocycles. The largest absolute Gasteiger partial charge is 0.506 e. The van der Waals surface area contributed by atoms with E-state index in [-0.39, 0.29) is 15.9 Å². The standard InChI is InChI=1S/C11H7Cl3N4O/c12-7-3-6(9(19)8(13)4-7)5-17-18-11-10(14)15-1-2-16-11/h1-5,19H,(H,16,18). The number of nitrogens with one attached hydrogen (secondary N) is 1. The molecule has 2 rings (SSSR count). The number of aromatic nitrogens is 2. The van der Waals surface area contributed by atoms with E-state index in [0.717, 1.165) is 0 Å². The lowest BCUT2D eigenvalue weighted by molar-refractivity contribution is 0.475. The van der Waals surface area contributed by atoms with Gasteiger partial charge >= 0.3 is 0 Å². The molecule has 0 spiro atoms. The van der Waals surface area contributed by atoms with Crippen LogP contribution in [0.25, 0.3) is 0 Å². The normalized spacial score (nSPS) is 10.9. The molecule has 0 bridgehead atoms. The third kappa shape index (κ3) is 3.47. The Morgan fingerprint density at radius 3 is 2.63 bits per heavy atom. The second-order valence-electron chi connectivity index (χ2n) is 3.39. The van der Waals surface area contributed by atoms with Crippen molar-refractivity contribution in [1.82, 2.24) is 9.97 Å². The van der Waals surface area contributed by atoms with Gasteiger partial charge < -0.3 is 5.11 Å². The Kier molecular flexibility index (Phi) is 4.42. The average Bonchev–Trinajstić information content (AvgIpc) is 2.37. The fourth-order valence-electron chi connectivity index (χ4n) is 1.24. The molecule has 0 aliphatic heterocycles. The molecule has 2 N–H and O–H groups in total. The third-order valence-corrected chi connectivity index (χ3v) is 2.87. The first kappa shape index (κ1) is 13.9. The maximum absolute atomic E-state index is 9.71. The molecule has 2 aromatic rings. The van der Waals surface area contributed by atoms with Gasteiger partial charge in [-0.05, 0) is 12.1 Å². The summed E-state index contributed by atoms with van der Waals surface area (Å²) in [6.45, 7) is 0. The molecule has 5 nitrogen and oxygen atoms in total. The van der Waals surface area contributed by atoms with Crippen molar-refractivity contribution in [2.45, 2.75) is 0 Å². The first-order valence-electron chi connectivity index (χ1n) is 5.01. The van der Waals surface area contributed by atoms with E-state index >= 15 is 0 Å². The van der Waals surface area contributed by atoms with Gasteiger partial charge in [-0.15, -0.1) is 0 Å². The van der Waals surface area contributed by atoms with Gasteiger partial charge in [-0.3, -0.25) is 5.43 Å². The lowest BCUT2D eigenvalue weighted by Crippen LogP contribution is -1.95. The number of aromatic hydroxyl groups is 1. The summed E-state index contributed by atoms with van der Waals surface area (Å²) < 4.78 is 0. The number of benzene rings is 1. The summed E-state index contributed by atoms with van der Waals surface area (Å²) in [5.74, 6) is 0.190. The number of anilines is 1. The minimum absolute atomic E-state index is 0.109. The fourth-order valence-corrected chi connectivity index (χ4v) is 1.90. The molecule has 19 heavy (non-hydrogen) atoms. The Morgan fingerprint density at radius 2 is 1.89 bits per heavy atom. The molecule has 0 aliphatic carbocycles. The number of phenols is 1. The first-order valence-corrected chi connectivity index (χ1v) is 6.15. The molecule has 0 unspecified atom stereocenters. The molecule has 0 amide bonds. The molecule has 0 aliphatic rings. The van der Waals surface area contributed by atoms with Crippen molar-refractivity contribution < 1.29 is 5.11 Å². The second-order valence-corrected chi connectivity index (χ2v) is 4.59. The van der Waals surface area contributed by atoms with Crippen LogP contribution < -0.4 is 5.43 Å². The molecule has 1 aromatic heterocycles. The van der Waals surface area contributed by atoms with Gasteiger partial charge in [0, 0.05) is 23.0 Å². The average molecular weight is 318 g/mol. The lowest BCUT2D eigenvalue weighted by Gasteiger charge is -2.03. The van der Waals surface area contributed by atoms with Crippen LogP contribution in [0.4, 0.5) is 5.82 Å². The molecule has 1 heterocycles. The van der Waals surface area contributed by atoms with Crippen molar-refractivity contribution in [2.75, 3.05) is 5.43 Å². The highest BCUT2D eigenvalue weighted by Crippen LogP contribution is 2.30. The number of hydrazone groups is 1. The summed E-state index contributed by atoms with van der Waals surface area (Å²) in [5, 5.41) is 14.3. The van der Waals surface area contributed by atoms with Gasteiger partial charge in [0.05, 0.1) is 11.2 Å². The van der Waals surface area contributed by atoms with Crippen LogP contribution in [0.5, 0.6) is 5.75 Å². The van der Waals surface area contributed by atoms with Crippen LogP contribution in [0.15, 0.2) is 29.6 Å². The molecule has 0 radical (unpaired) electrons. The van der Waals surface area contributed by atoms with Crippen LogP contribution in [-0.4, -0.2) is 21.3 Å². The van der Waals surface area contributed by atoms with Crippen molar-refractivity contribution >= 4 is 46.8 Å². The molecule has 0 fully saturated rings. The molecule has 98 valence electrons. The summed E-state index contributed by atoms with van der Waals surface area (Å²) in [6, 6.07) is 2.95. The van der Waals surface area contributed by atoms with Crippen molar-refractivity contribution in [1.29, 1.82) is 0 Å². The number of hydrogen-bond acceptors (Lipinski definition) is 5. The number of hydrogen-bond donors (Lipinski definition) is 2. The van der Waals surface area contributed by atoms with Gasteiger partial charge in [-0.25, -0.2) is 9.97 Å². The zero-order chi connectivity index (χ0) is 13.8. The van der Waals surface area contributed by atoms with Crippen LogP contribution in [-0.2, 0) is 0 Å². The topological polar surface area (TPSA) is 70.4 Å². The van der Waals surface area contributed by atoms with Crippen LogP contribution in [0.2, 0.25) is 15.2 Å². The Hall–Kier alpha value is -1.56. The van der Waals surface area contributed by atoms with Crippen LogP contribution in [0.3, 0.4) is 0 Å². The molecular formula is C11H7Cl3N4O. The zero-order valence-electron chi connectivity index (χ0n) is 9.31. The van der Waals surface area contributed by atoms with E-state index in [4.69, 9.17) is 34.8 Å². The van der Waals surface area contributed by atoms with E-state index in [2.05, 4.69) is 20.5 Å². The fraction of sp³-hybridized carbons (Fsp3) is 0. The van der Waals surface area contributed by atoms with Crippen molar-refractivity contribution in [3.63, 3.8) is 0 Å². The van der Waals surface area contributed by atoms with Gasteiger partial charge in [0.15, 0.2) is 11.0 Å². The number of halogens is 3. The SMILES string of the molecule is Oc1c(Cl)cc(Cl)cc1C=NNc1nccnc1Cl. The third-order valence-electron chi connectivity index (χ3n) is 2.09. The Balaban J connectivity index is 2.18. The lowest BCUT2D eigenvalue weighted by atomic mass is 10.2. The summed E-state index contributed by atoms with van der Waals surface area (Å²) >= 11 is 17.4. The minimum Gasteiger partial charge on any atom is -0.506 e. The Labute approximate surface area is 123 Å². The first-order chi connectivity index (χ1) is 9.08. The summed E-state index contributed by atoms with van der Waals surface area (Å²) in [4.78, 5) is 7.76. The number of nitrogens with zero attached hydrogens (tertiary/aromatic N) is 3. The minimum atomic E-state index is -0.109. The van der Waals surface area contributed by atoms with E-state index in [0.29, 0.717) is 16.4 Å². The number of phenolic OH excluding ortho intramolecular Hbond substituents is 1. The van der Waals surface area contributed by atoms with E-state index in [1.54, 1.807) is 0 Å². The maximum atomic E-state index is 9.71. The molecule has 8 heteroatoms. The van der Waals surface area contributed by atoms with Gasteiger partial charge in [0.2, 0.25) is 0 Å². The molecule has 1 aromatic carbocycles. The predicted molar refractivity (Wildman–Crippen MR) is 76.4 cm³/mol. The van der Waals surface area contributed by atoms with Crippen molar-refractivity contribution in [3.05, 3.63) is 45.3 Å². The Bertz CT molecular complexity index is 633. The highest BCUT2D eigenvalue weighted by molar-refractivity contribution is 6.36. The van der Waals surface area contributed by atoms with E-state index in [1.807, 2.05) is 0 Å². The van der Waals surface area contributed by atoms with Gasteiger partial charge in [-0.2, -0.15) is 5.10 Å². The van der Waals surface area contributed by atoms with Crippen LogP contribution >= 0.6 is 34.8 Å². The predicted octanol–water partition coefficient (Wildman–Crippen LogP) is 3.59. The summed E-state index contributed by atoms with van der Waals surface area (Å²) in [6.07, 6.45) is 4.27. The highest BCUT2D eigenvalue weighted by atomic mass is 35.5. The zero-order valence-corrected chi connectivity index (χ0v) is 11.6. The molecule has 0 saturated carbocycles. The summed E-state index contributed by atoms with van der Waals surface area (Å²) in [5.41, 5.74) is 2.96. The second kappa shape index (κ2) is 6.06. The molecular weight excluding hydrogens is 311 g/mol. The van der Waals surface area contributed by atoms with E-state index in [9.17, 15) is 5.11 Å². The van der Waals surface area contributed by atoms with Crippen LogP contribution in [0, 0.1) is 0 Å². The Morgan fingerprint density at radius 1 is 1.16 bits per heavy atom. The summed E-state index contributed by atoms with van der Waals surface area (Å²) in [7, 11) is 0. The van der Waals surface area contributed by atoms with Gasteiger partial charge in [0.1, 0.15) is 5.75 Å². The monoisotopic (exact) mass is 316 g/mol. The highest BCUT2D eigenvalue weighted by Gasteiger charge is 2.06. The van der Waals surface area contributed by atoms with Gasteiger partial charge in [-0.1, -0.05) is 34.8 Å². The smallest absolute Gasteiger partial charge is 0.184 e. The quantitative estimate of drug-likeness (QED) is 0.670. The molecule has 0 atom stereocenters. The van der Waals surface area contributed by atoms with Crippen molar-refractivity contribution in [2.24, 2.45) is 5.10 Å². The number of rotatable bonds is 3. The van der Waals surface area contributed by atoms with E-state index < -0.39 is 0 Å².